The molecule has 0 aromatic heterocycles. The van der Waals surface area contributed by atoms with Crippen LogP contribution in [-0.4, -0.2) is 29.0 Å². The molecule has 2 amide bonds. The number of thiol groups is 1. The summed E-state index contributed by atoms with van der Waals surface area (Å²) in [4.78, 5) is 23.7. The number of carbonyl (C=O) groups excluding carboxylic acids is 2. The lowest BCUT2D eigenvalue weighted by atomic mass is 10.1. The maximum Gasteiger partial charge on any atom is 0.229 e. The predicted octanol–water partition coefficient (Wildman–Crippen LogP) is 0.845. The molecule has 1 aliphatic heterocycles. The normalized spacial score (nSPS) is 18.6. The van der Waals surface area contributed by atoms with Gasteiger partial charge in [-0.2, -0.15) is 12.6 Å². The quantitative estimate of drug-likeness (QED) is 0.525. The first-order chi connectivity index (χ1) is 5.75. The summed E-state index contributed by atoms with van der Waals surface area (Å²) >= 11 is 4.03. The van der Waals surface area contributed by atoms with Gasteiger partial charge in [0, 0.05) is 19.4 Å². The van der Waals surface area contributed by atoms with Gasteiger partial charge in [0.1, 0.15) is 0 Å². The van der Waals surface area contributed by atoms with E-state index >= 15 is 0 Å². The van der Waals surface area contributed by atoms with Crippen LogP contribution in [0.25, 0.3) is 0 Å². The van der Waals surface area contributed by atoms with Crippen molar-refractivity contribution in [3.8, 4) is 0 Å². The minimum Gasteiger partial charge on any atom is -0.283 e. The Labute approximate surface area is 77.5 Å². The molecule has 0 N–H and O–H groups in total. The molecular weight excluding hydrogens is 174 g/mol. The van der Waals surface area contributed by atoms with Crippen LogP contribution in [0, 0.1) is 0 Å². The van der Waals surface area contributed by atoms with Gasteiger partial charge in [0.25, 0.3) is 0 Å². The second-order valence-corrected chi connectivity index (χ2v) is 3.32. The fraction of sp³-hybridized carbons (Fsp3) is 0.750. The molecule has 1 saturated heterocycles. The lowest BCUT2D eigenvalue weighted by molar-refractivity contribution is -0.147. The highest BCUT2D eigenvalue weighted by Crippen LogP contribution is 2.12. The molecule has 0 bridgehead atoms. The monoisotopic (exact) mass is 187 g/mol. The molecule has 0 radical (unpaired) electrons. The van der Waals surface area contributed by atoms with Crippen molar-refractivity contribution in [2.45, 2.75) is 25.7 Å². The van der Waals surface area contributed by atoms with E-state index in [-0.39, 0.29) is 11.8 Å². The molecule has 3 nitrogen and oxygen atoms in total. The summed E-state index contributed by atoms with van der Waals surface area (Å²) in [7, 11) is 0. The van der Waals surface area contributed by atoms with E-state index in [1.165, 1.54) is 4.90 Å². The SMILES string of the molecule is O=C1CCCC(=O)N1CCCS. The van der Waals surface area contributed by atoms with Crippen molar-refractivity contribution in [1.29, 1.82) is 0 Å². The third kappa shape index (κ3) is 2.24. The highest BCUT2D eigenvalue weighted by molar-refractivity contribution is 7.80. The van der Waals surface area contributed by atoms with Crippen molar-refractivity contribution < 1.29 is 9.59 Å². The average Bonchev–Trinajstić information content (AvgIpc) is 2.04. The zero-order chi connectivity index (χ0) is 8.97. The Morgan fingerprint density at radius 1 is 1.25 bits per heavy atom. The van der Waals surface area contributed by atoms with Gasteiger partial charge in [-0.3, -0.25) is 14.5 Å². The summed E-state index contributed by atoms with van der Waals surface area (Å²) in [6, 6.07) is 0. The van der Waals surface area contributed by atoms with E-state index in [0.717, 1.165) is 18.6 Å². The van der Waals surface area contributed by atoms with Crippen LogP contribution in [-0.2, 0) is 9.59 Å². The summed E-state index contributed by atoms with van der Waals surface area (Å²) in [6.07, 6.45) is 2.56. The number of likely N-dealkylation sites (tertiary alicyclic amines) is 1. The molecular formula is C8H13NO2S. The first kappa shape index (κ1) is 9.58. The van der Waals surface area contributed by atoms with Crippen LogP contribution < -0.4 is 0 Å². The molecule has 1 heterocycles. The molecule has 0 saturated carbocycles. The highest BCUT2D eigenvalue weighted by atomic mass is 32.1. The Bertz CT molecular complexity index is 177. The van der Waals surface area contributed by atoms with Gasteiger partial charge in [0.2, 0.25) is 11.8 Å². The molecule has 12 heavy (non-hydrogen) atoms. The predicted molar refractivity (Wildman–Crippen MR) is 49.0 cm³/mol. The number of amides is 2. The zero-order valence-corrected chi connectivity index (χ0v) is 7.85. The summed E-state index contributed by atoms with van der Waals surface area (Å²) in [6.45, 7) is 0.543. The van der Waals surface area contributed by atoms with Gasteiger partial charge in [-0.15, -0.1) is 0 Å². The minimum absolute atomic E-state index is 0.0203. The van der Waals surface area contributed by atoms with Crippen molar-refractivity contribution >= 4 is 24.4 Å². The molecule has 0 aliphatic carbocycles. The molecule has 1 rings (SSSR count). The van der Waals surface area contributed by atoms with E-state index in [9.17, 15) is 9.59 Å². The van der Waals surface area contributed by atoms with Crippen LogP contribution in [0.15, 0.2) is 0 Å². The van der Waals surface area contributed by atoms with Crippen molar-refractivity contribution in [2.75, 3.05) is 12.3 Å². The number of hydrogen-bond donors (Lipinski definition) is 1. The van der Waals surface area contributed by atoms with Gasteiger partial charge in [-0.25, -0.2) is 0 Å². The average molecular weight is 187 g/mol. The summed E-state index contributed by atoms with van der Waals surface area (Å²) in [5, 5.41) is 0. The Balaban J connectivity index is 2.45. The Hall–Kier alpha value is -0.510. The Morgan fingerprint density at radius 2 is 1.83 bits per heavy atom. The Kier molecular flexibility index (Phi) is 3.59. The van der Waals surface area contributed by atoms with Crippen molar-refractivity contribution in [3.05, 3.63) is 0 Å². The third-order valence-electron chi connectivity index (χ3n) is 1.92. The van der Waals surface area contributed by atoms with Crippen LogP contribution in [0.2, 0.25) is 0 Å². The lowest BCUT2D eigenvalue weighted by Crippen LogP contribution is -2.40. The van der Waals surface area contributed by atoms with Crippen LogP contribution in [0.5, 0.6) is 0 Å². The minimum atomic E-state index is -0.0203. The van der Waals surface area contributed by atoms with E-state index in [1.54, 1.807) is 0 Å². The highest BCUT2D eigenvalue weighted by Gasteiger charge is 2.24. The van der Waals surface area contributed by atoms with Gasteiger partial charge in [0.05, 0.1) is 0 Å². The van der Waals surface area contributed by atoms with E-state index in [1.807, 2.05) is 0 Å². The first-order valence-electron chi connectivity index (χ1n) is 4.20. The summed E-state index contributed by atoms with van der Waals surface area (Å²) in [5.74, 6) is 0.679. The van der Waals surface area contributed by atoms with Gasteiger partial charge < -0.3 is 0 Å². The molecule has 0 spiro atoms. The fourth-order valence-corrected chi connectivity index (χ4v) is 1.42. The van der Waals surface area contributed by atoms with Gasteiger partial charge in [0.15, 0.2) is 0 Å². The van der Waals surface area contributed by atoms with E-state index in [2.05, 4.69) is 12.6 Å². The summed E-state index contributed by atoms with van der Waals surface area (Å²) < 4.78 is 0. The van der Waals surface area contributed by atoms with Gasteiger partial charge in [-0.05, 0) is 18.6 Å². The van der Waals surface area contributed by atoms with Crippen molar-refractivity contribution in [1.82, 2.24) is 4.90 Å². The smallest absolute Gasteiger partial charge is 0.229 e. The van der Waals surface area contributed by atoms with Gasteiger partial charge in [-0.1, -0.05) is 0 Å². The maximum atomic E-state index is 11.2. The lowest BCUT2D eigenvalue weighted by Gasteiger charge is -2.24. The second kappa shape index (κ2) is 4.50. The number of nitrogens with zero attached hydrogens (tertiary/aromatic N) is 1. The van der Waals surface area contributed by atoms with E-state index < -0.39 is 0 Å². The van der Waals surface area contributed by atoms with E-state index in [4.69, 9.17) is 0 Å². The number of hydrogen-bond acceptors (Lipinski definition) is 3. The van der Waals surface area contributed by atoms with Crippen LogP contribution in [0.3, 0.4) is 0 Å². The molecule has 1 fully saturated rings. The van der Waals surface area contributed by atoms with Crippen molar-refractivity contribution in [2.24, 2.45) is 0 Å². The second-order valence-electron chi connectivity index (χ2n) is 2.87. The molecule has 1 aliphatic rings. The third-order valence-corrected chi connectivity index (χ3v) is 2.24. The molecule has 0 aromatic rings. The van der Waals surface area contributed by atoms with E-state index in [0.29, 0.717) is 19.4 Å². The Morgan fingerprint density at radius 3 is 2.33 bits per heavy atom. The standard InChI is InChI=1S/C8H13NO2S/c10-7-3-1-4-8(11)9(7)5-2-6-12/h12H,1-6H2. The summed E-state index contributed by atoms with van der Waals surface area (Å²) in [5.41, 5.74) is 0. The molecule has 4 heteroatoms. The number of carbonyl (C=O) groups is 2. The molecule has 0 aromatic carbocycles. The van der Waals surface area contributed by atoms with Crippen LogP contribution in [0.4, 0.5) is 0 Å². The zero-order valence-electron chi connectivity index (χ0n) is 6.95. The number of piperidine rings is 1. The van der Waals surface area contributed by atoms with Crippen LogP contribution >= 0.6 is 12.6 Å². The molecule has 0 unspecified atom stereocenters. The van der Waals surface area contributed by atoms with Crippen molar-refractivity contribution in [3.63, 3.8) is 0 Å². The number of imide groups is 1. The van der Waals surface area contributed by atoms with Crippen LogP contribution in [0.1, 0.15) is 25.7 Å². The molecule has 0 atom stereocenters. The largest absolute Gasteiger partial charge is 0.283 e. The first-order valence-corrected chi connectivity index (χ1v) is 4.83. The maximum absolute atomic E-state index is 11.2. The topological polar surface area (TPSA) is 37.4 Å². The number of rotatable bonds is 3. The molecule has 68 valence electrons. The van der Waals surface area contributed by atoms with Gasteiger partial charge >= 0.3 is 0 Å². The fourth-order valence-electron chi connectivity index (χ4n) is 1.28.